The molecule has 5 aliphatic rings. The molecule has 2 nitrogen and oxygen atoms in total. The van der Waals surface area contributed by atoms with Crippen LogP contribution in [0.5, 0.6) is 0 Å². The van der Waals surface area contributed by atoms with Crippen molar-refractivity contribution in [3.8, 4) is 33.4 Å². The number of benzene rings is 9. The third kappa shape index (κ3) is 5.74. The van der Waals surface area contributed by atoms with E-state index in [2.05, 4.69) is 247 Å². The zero-order valence-electron chi connectivity index (χ0n) is 42.2. The fraction of sp³-hybridized carbons (Fsp3) is 0.194. The first-order valence-electron chi connectivity index (χ1n) is 26.3. The number of fused-ring (bicyclic) bond motifs is 12. The molecule has 4 aliphatic heterocycles. The van der Waals surface area contributed by atoms with Crippen LogP contribution in [0.4, 0.5) is 28.4 Å². The molecule has 0 fully saturated rings. The van der Waals surface area contributed by atoms with Gasteiger partial charge in [0.2, 0.25) is 0 Å². The van der Waals surface area contributed by atoms with Crippen molar-refractivity contribution >= 4 is 69.3 Å². The highest BCUT2D eigenvalue weighted by Crippen LogP contribution is 2.58. The molecule has 71 heavy (non-hydrogen) atoms. The van der Waals surface area contributed by atoms with Gasteiger partial charge in [-0.3, -0.25) is 0 Å². The van der Waals surface area contributed by atoms with Crippen LogP contribution in [0.2, 0.25) is 0 Å². The zero-order chi connectivity index (χ0) is 48.2. The Morgan fingerprint density at radius 3 is 1.54 bits per heavy atom. The predicted molar refractivity (Wildman–Crippen MR) is 304 cm³/mol. The van der Waals surface area contributed by atoms with Crippen LogP contribution in [-0.4, -0.2) is 13.6 Å². The maximum absolute atomic E-state index is 2.84. The van der Waals surface area contributed by atoms with Gasteiger partial charge in [-0.2, -0.15) is 0 Å². The van der Waals surface area contributed by atoms with E-state index in [0.717, 1.165) is 0 Å². The maximum atomic E-state index is 2.84. The van der Waals surface area contributed by atoms with Crippen LogP contribution < -0.4 is 37.0 Å². The number of rotatable bonds is 7. The van der Waals surface area contributed by atoms with Gasteiger partial charge in [-0.1, -0.05) is 207 Å². The van der Waals surface area contributed by atoms with Gasteiger partial charge in [0, 0.05) is 39.6 Å². The molecule has 0 bridgehead atoms. The van der Waals surface area contributed by atoms with Crippen LogP contribution in [0.1, 0.15) is 124 Å². The lowest BCUT2D eigenvalue weighted by molar-refractivity contribution is 0.768. The van der Waals surface area contributed by atoms with Crippen LogP contribution in [0.15, 0.2) is 182 Å². The molecule has 14 rings (SSSR count). The quantitative estimate of drug-likeness (QED) is 0.147. The molecular weight excluding hydrogens is 854 g/mol. The SMILES string of the molecule is CC(C)c1ccc(N2c3cc4c(cc3B3c5cc(C(C)C)cc6c5N5B(c7cc(C(C)C)ccc7-6)c6cc(C(C)C)ccc6-c6ccc2c3c65)-c2ccccc2C4(c2ccccc2)c2ccccc2)cc1. The Morgan fingerprint density at radius 1 is 0.366 bits per heavy atom. The van der Waals surface area contributed by atoms with Gasteiger partial charge >= 0.3 is 6.85 Å². The highest BCUT2D eigenvalue weighted by molar-refractivity contribution is 7.03. The van der Waals surface area contributed by atoms with E-state index in [1.807, 2.05) is 0 Å². The molecule has 4 heterocycles. The van der Waals surface area contributed by atoms with Crippen LogP contribution >= 0.6 is 0 Å². The number of anilines is 5. The second kappa shape index (κ2) is 15.4. The Labute approximate surface area is 421 Å². The van der Waals surface area contributed by atoms with E-state index in [1.165, 1.54) is 134 Å². The Morgan fingerprint density at radius 2 is 0.915 bits per heavy atom. The van der Waals surface area contributed by atoms with E-state index in [9.17, 15) is 0 Å². The zero-order valence-corrected chi connectivity index (χ0v) is 42.2. The third-order valence-electron chi connectivity index (χ3n) is 17.2. The van der Waals surface area contributed by atoms with Crippen LogP contribution in [0.25, 0.3) is 33.4 Å². The van der Waals surface area contributed by atoms with E-state index in [4.69, 9.17) is 0 Å². The maximum Gasteiger partial charge on any atom is 0.329 e. The Hall–Kier alpha value is -7.29. The lowest BCUT2D eigenvalue weighted by Crippen LogP contribution is -2.69. The third-order valence-corrected chi connectivity index (χ3v) is 17.2. The molecule has 342 valence electrons. The Balaban J connectivity index is 1.15. The van der Waals surface area contributed by atoms with Gasteiger partial charge in [0.1, 0.15) is 0 Å². The first kappa shape index (κ1) is 42.6. The predicted octanol–water partition coefficient (Wildman–Crippen LogP) is 14.1. The summed E-state index contributed by atoms with van der Waals surface area (Å²) in [6, 6.07) is 71.6. The molecule has 0 atom stereocenters. The van der Waals surface area contributed by atoms with Crippen molar-refractivity contribution in [1.29, 1.82) is 0 Å². The highest BCUT2D eigenvalue weighted by Gasteiger charge is 2.54. The summed E-state index contributed by atoms with van der Waals surface area (Å²) in [5.74, 6) is 1.60. The van der Waals surface area contributed by atoms with Crippen molar-refractivity contribution < 1.29 is 0 Å². The van der Waals surface area contributed by atoms with Gasteiger partial charge in [0.15, 0.2) is 0 Å². The topological polar surface area (TPSA) is 6.48 Å². The summed E-state index contributed by atoms with van der Waals surface area (Å²) in [5, 5.41) is 0. The Bertz CT molecular complexity index is 3640. The molecular formula is C67H58B2N2. The van der Waals surface area contributed by atoms with Gasteiger partial charge in [-0.15, -0.1) is 0 Å². The fourth-order valence-electron chi connectivity index (χ4n) is 13.7. The number of nitrogens with zero attached hydrogens (tertiary/aromatic N) is 2. The van der Waals surface area contributed by atoms with Gasteiger partial charge < -0.3 is 9.71 Å². The standard InChI is InChI=1S/C67H58B2N2/c1-39(2)43-23-27-49(28-24-43)70-62-32-31-53-51-29-25-44(40(3)4)34-58(51)69-59-35-45(41(5)6)26-30-52(59)55-33-46(42(7)8)36-61-65(55)71(69)66(53)64(62)68(61)60-37-54-50-21-15-16-22-56(50)67(57(54)38-63(60)70,47-17-11-9-12-18-47)48-19-13-10-14-20-48/h9-42H,1-8H3. The van der Waals surface area contributed by atoms with E-state index in [1.54, 1.807) is 0 Å². The van der Waals surface area contributed by atoms with Crippen molar-refractivity contribution in [2.45, 2.75) is 84.5 Å². The van der Waals surface area contributed by atoms with E-state index < -0.39 is 5.41 Å². The van der Waals surface area contributed by atoms with Gasteiger partial charge in [-0.05, 0) is 148 Å². The summed E-state index contributed by atoms with van der Waals surface area (Å²) >= 11 is 0. The second-order valence-electron chi connectivity index (χ2n) is 22.3. The summed E-state index contributed by atoms with van der Waals surface area (Å²) in [5.41, 5.74) is 31.8. The average Bonchev–Trinajstić information content (AvgIpc) is 3.69. The molecule has 0 spiro atoms. The number of hydrogen-bond donors (Lipinski definition) is 0. The summed E-state index contributed by atoms with van der Waals surface area (Å²) in [4.78, 5) is 5.48. The molecule has 4 heteroatoms. The molecule has 9 aromatic carbocycles. The lowest BCUT2D eigenvalue weighted by atomic mass is 9.30. The van der Waals surface area contributed by atoms with Gasteiger partial charge in [0.05, 0.1) is 5.41 Å². The fourth-order valence-corrected chi connectivity index (χ4v) is 13.7. The van der Waals surface area contributed by atoms with Crippen molar-refractivity contribution in [3.05, 3.63) is 226 Å². The molecule has 1 aliphatic carbocycles. The normalized spacial score (nSPS) is 14.7. The highest BCUT2D eigenvalue weighted by atomic mass is 15.2. The minimum Gasteiger partial charge on any atom is -0.377 e. The second-order valence-corrected chi connectivity index (χ2v) is 22.3. The van der Waals surface area contributed by atoms with E-state index >= 15 is 0 Å². The molecule has 9 aromatic rings. The van der Waals surface area contributed by atoms with E-state index in [0.29, 0.717) is 23.7 Å². The smallest absolute Gasteiger partial charge is 0.329 e. The molecule has 0 amide bonds. The monoisotopic (exact) mass is 912 g/mol. The van der Waals surface area contributed by atoms with Gasteiger partial charge in [-0.25, -0.2) is 0 Å². The summed E-state index contributed by atoms with van der Waals surface area (Å²) in [6.07, 6.45) is 0. The van der Waals surface area contributed by atoms with Crippen LogP contribution in [0, 0.1) is 0 Å². The van der Waals surface area contributed by atoms with Crippen molar-refractivity contribution in [2.24, 2.45) is 0 Å². The minimum atomic E-state index is -0.531. The van der Waals surface area contributed by atoms with Crippen LogP contribution in [-0.2, 0) is 5.41 Å². The molecule has 0 radical (unpaired) electrons. The first-order valence-corrected chi connectivity index (χ1v) is 26.3. The van der Waals surface area contributed by atoms with Gasteiger partial charge in [0.25, 0.3) is 6.71 Å². The molecule has 0 aromatic heterocycles. The lowest BCUT2D eigenvalue weighted by Gasteiger charge is -2.52. The summed E-state index contributed by atoms with van der Waals surface area (Å²) in [6.45, 7) is 18.7. The molecule has 0 saturated heterocycles. The molecule has 0 saturated carbocycles. The Kier molecular flexibility index (Phi) is 9.21. The van der Waals surface area contributed by atoms with Crippen molar-refractivity contribution in [2.75, 3.05) is 9.71 Å². The average molecular weight is 913 g/mol. The molecule has 0 N–H and O–H groups in total. The van der Waals surface area contributed by atoms with E-state index in [-0.39, 0.29) is 13.6 Å². The van der Waals surface area contributed by atoms with Crippen molar-refractivity contribution in [1.82, 2.24) is 0 Å². The molecule has 0 unspecified atom stereocenters. The van der Waals surface area contributed by atoms with Crippen molar-refractivity contribution in [3.63, 3.8) is 0 Å². The largest absolute Gasteiger partial charge is 0.377 e. The summed E-state index contributed by atoms with van der Waals surface area (Å²) < 4.78 is 0. The van der Waals surface area contributed by atoms with Crippen LogP contribution in [0.3, 0.4) is 0 Å². The number of hydrogen-bond acceptors (Lipinski definition) is 2. The minimum absolute atomic E-state index is 0.0145. The first-order chi connectivity index (χ1) is 34.5. The summed E-state index contributed by atoms with van der Waals surface area (Å²) in [7, 11) is 0.